The standard InChI is InChI=1S/C14H10ClFN2S/c15-11-2-1-3-12-13(11)17-14(19)18(12)8-9-4-6-10(16)7-5-9/h1-7H,8H2,(H,17,19). The van der Waals surface area contributed by atoms with Crippen LogP contribution in [0.2, 0.25) is 5.02 Å². The Morgan fingerprint density at radius 3 is 2.63 bits per heavy atom. The highest BCUT2D eigenvalue weighted by Crippen LogP contribution is 2.23. The van der Waals surface area contributed by atoms with Crippen LogP contribution in [0.3, 0.4) is 0 Å². The molecule has 1 N–H and O–H groups in total. The summed E-state index contributed by atoms with van der Waals surface area (Å²) in [5, 5.41) is 0.640. The average molecular weight is 293 g/mol. The van der Waals surface area contributed by atoms with Crippen LogP contribution in [0.5, 0.6) is 0 Å². The van der Waals surface area contributed by atoms with Gasteiger partial charge in [0.2, 0.25) is 0 Å². The van der Waals surface area contributed by atoms with Crippen LogP contribution in [-0.4, -0.2) is 9.55 Å². The number of benzene rings is 2. The van der Waals surface area contributed by atoms with Gasteiger partial charge in [0, 0.05) is 0 Å². The van der Waals surface area contributed by atoms with Crippen LogP contribution >= 0.6 is 23.8 Å². The van der Waals surface area contributed by atoms with Crippen molar-refractivity contribution in [3.05, 3.63) is 63.6 Å². The summed E-state index contributed by atoms with van der Waals surface area (Å²) in [5.74, 6) is -0.241. The Balaban J connectivity index is 2.10. The van der Waals surface area contributed by atoms with Crippen molar-refractivity contribution in [3.63, 3.8) is 0 Å². The van der Waals surface area contributed by atoms with Crippen LogP contribution in [0, 0.1) is 10.6 Å². The number of hydrogen-bond donors (Lipinski definition) is 1. The first kappa shape index (κ1) is 12.4. The maximum atomic E-state index is 12.9. The number of fused-ring (bicyclic) bond motifs is 1. The molecule has 3 rings (SSSR count). The summed E-state index contributed by atoms with van der Waals surface area (Å²) >= 11 is 11.4. The van der Waals surface area contributed by atoms with Crippen LogP contribution in [0.1, 0.15) is 5.56 Å². The number of imidazole rings is 1. The molecule has 19 heavy (non-hydrogen) atoms. The van der Waals surface area contributed by atoms with Gasteiger partial charge in [-0.05, 0) is 42.0 Å². The van der Waals surface area contributed by atoms with Crippen LogP contribution in [0.25, 0.3) is 11.0 Å². The predicted molar refractivity (Wildman–Crippen MR) is 77.6 cm³/mol. The van der Waals surface area contributed by atoms with E-state index in [1.54, 1.807) is 12.1 Å². The third-order valence-electron chi connectivity index (χ3n) is 3.01. The average Bonchev–Trinajstić information content (AvgIpc) is 2.71. The van der Waals surface area contributed by atoms with Crippen molar-refractivity contribution in [2.75, 3.05) is 0 Å². The number of para-hydroxylation sites is 1. The van der Waals surface area contributed by atoms with Gasteiger partial charge in [0.1, 0.15) is 5.82 Å². The molecular weight excluding hydrogens is 283 g/mol. The molecule has 0 aliphatic carbocycles. The number of halogens is 2. The highest BCUT2D eigenvalue weighted by atomic mass is 35.5. The largest absolute Gasteiger partial charge is 0.329 e. The lowest BCUT2D eigenvalue weighted by molar-refractivity contribution is 0.626. The van der Waals surface area contributed by atoms with Gasteiger partial charge in [0.25, 0.3) is 0 Å². The summed E-state index contributed by atoms with van der Waals surface area (Å²) in [6.45, 7) is 0.583. The van der Waals surface area contributed by atoms with Crippen LogP contribution < -0.4 is 0 Å². The lowest BCUT2D eigenvalue weighted by Crippen LogP contribution is -1.99. The topological polar surface area (TPSA) is 20.7 Å². The predicted octanol–water partition coefficient (Wildman–Crippen LogP) is 4.54. The number of nitrogens with zero attached hydrogens (tertiary/aromatic N) is 1. The molecule has 0 saturated carbocycles. The smallest absolute Gasteiger partial charge is 0.178 e. The second-order valence-corrected chi connectivity index (χ2v) is 5.07. The molecule has 1 aromatic heterocycles. The number of aromatic amines is 1. The minimum atomic E-state index is -0.241. The maximum absolute atomic E-state index is 12.9. The SMILES string of the molecule is Fc1ccc(Cn2c(=S)[nH]c3c(Cl)cccc32)cc1. The molecule has 0 aliphatic heterocycles. The van der Waals surface area contributed by atoms with E-state index in [-0.39, 0.29) is 5.82 Å². The number of aromatic nitrogens is 2. The monoisotopic (exact) mass is 292 g/mol. The third-order valence-corrected chi connectivity index (χ3v) is 3.65. The Kier molecular flexibility index (Phi) is 3.12. The summed E-state index contributed by atoms with van der Waals surface area (Å²) in [6.07, 6.45) is 0. The molecule has 0 bridgehead atoms. The van der Waals surface area contributed by atoms with E-state index in [4.69, 9.17) is 23.8 Å². The van der Waals surface area contributed by atoms with Crippen LogP contribution in [0.4, 0.5) is 4.39 Å². The van der Waals surface area contributed by atoms with E-state index in [1.165, 1.54) is 12.1 Å². The van der Waals surface area contributed by atoms with Crippen molar-refractivity contribution in [2.45, 2.75) is 6.54 Å². The molecule has 0 aliphatic rings. The molecule has 0 unspecified atom stereocenters. The molecular formula is C14H10ClFN2S. The highest BCUT2D eigenvalue weighted by Gasteiger charge is 2.07. The van der Waals surface area contributed by atoms with E-state index in [9.17, 15) is 4.39 Å². The molecule has 0 atom stereocenters. The molecule has 0 saturated heterocycles. The summed E-state index contributed by atoms with van der Waals surface area (Å²) < 4.78 is 15.5. The van der Waals surface area contributed by atoms with Crippen molar-refractivity contribution in [3.8, 4) is 0 Å². The fraction of sp³-hybridized carbons (Fsp3) is 0.0714. The second-order valence-electron chi connectivity index (χ2n) is 4.28. The van der Waals surface area contributed by atoms with Gasteiger partial charge >= 0.3 is 0 Å². The number of H-pyrrole nitrogens is 1. The Bertz CT molecular complexity index is 789. The molecule has 2 aromatic carbocycles. The molecule has 96 valence electrons. The zero-order valence-corrected chi connectivity index (χ0v) is 11.4. The van der Waals surface area contributed by atoms with Crippen LogP contribution in [-0.2, 0) is 6.54 Å². The van der Waals surface area contributed by atoms with E-state index >= 15 is 0 Å². The van der Waals surface area contributed by atoms with Gasteiger partial charge in [-0.15, -0.1) is 0 Å². The molecule has 2 nitrogen and oxygen atoms in total. The Morgan fingerprint density at radius 1 is 1.16 bits per heavy atom. The first-order valence-electron chi connectivity index (χ1n) is 5.76. The third kappa shape index (κ3) is 2.29. The maximum Gasteiger partial charge on any atom is 0.178 e. The van der Waals surface area contributed by atoms with Crippen LogP contribution in [0.15, 0.2) is 42.5 Å². The van der Waals surface area contributed by atoms with Gasteiger partial charge in [0.05, 0.1) is 22.6 Å². The fourth-order valence-electron chi connectivity index (χ4n) is 2.07. The van der Waals surface area contributed by atoms with E-state index in [0.29, 0.717) is 16.3 Å². The van der Waals surface area contributed by atoms with E-state index in [2.05, 4.69) is 4.98 Å². The van der Waals surface area contributed by atoms with E-state index in [0.717, 1.165) is 16.6 Å². The summed E-state index contributed by atoms with van der Waals surface area (Å²) in [6, 6.07) is 12.0. The molecule has 1 heterocycles. The quantitative estimate of drug-likeness (QED) is 0.688. The first-order chi connectivity index (χ1) is 9.15. The summed E-state index contributed by atoms with van der Waals surface area (Å²) in [7, 11) is 0. The van der Waals surface area contributed by atoms with Crippen molar-refractivity contribution in [1.29, 1.82) is 0 Å². The lowest BCUT2D eigenvalue weighted by Gasteiger charge is -2.05. The fourth-order valence-corrected chi connectivity index (χ4v) is 2.56. The molecule has 0 radical (unpaired) electrons. The Labute approximate surface area is 119 Å². The summed E-state index contributed by atoms with van der Waals surface area (Å²) in [4.78, 5) is 3.10. The lowest BCUT2D eigenvalue weighted by atomic mass is 10.2. The Hall–Kier alpha value is -1.65. The van der Waals surface area contributed by atoms with E-state index < -0.39 is 0 Å². The zero-order chi connectivity index (χ0) is 13.4. The number of nitrogens with one attached hydrogen (secondary N) is 1. The molecule has 3 aromatic rings. The number of rotatable bonds is 2. The summed E-state index contributed by atoms with van der Waals surface area (Å²) in [5.41, 5.74) is 2.76. The minimum Gasteiger partial charge on any atom is -0.329 e. The normalized spacial score (nSPS) is 11.1. The Morgan fingerprint density at radius 2 is 1.89 bits per heavy atom. The molecule has 0 amide bonds. The van der Waals surface area contributed by atoms with Gasteiger partial charge in [-0.3, -0.25) is 0 Å². The van der Waals surface area contributed by atoms with Crippen molar-refractivity contribution < 1.29 is 4.39 Å². The minimum absolute atomic E-state index is 0.241. The van der Waals surface area contributed by atoms with Gasteiger partial charge in [0.15, 0.2) is 4.77 Å². The zero-order valence-electron chi connectivity index (χ0n) is 9.86. The van der Waals surface area contributed by atoms with Gasteiger partial charge < -0.3 is 9.55 Å². The highest BCUT2D eigenvalue weighted by molar-refractivity contribution is 7.71. The van der Waals surface area contributed by atoms with Crippen molar-refractivity contribution in [2.24, 2.45) is 0 Å². The van der Waals surface area contributed by atoms with Crippen molar-refractivity contribution in [1.82, 2.24) is 9.55 Å². The first-order valence-corrected chi connectivity index (χ1v) is 6.55. The van der Waals surface area contributed by atoms with Gasteiger partial charge in [-0.2, -0.15) is 0 Å². The molecule has 5 heteroatoms. The van der Waals surface area contributed by atoms with Gasteiger partial charge in [-0.1, -0.05) is 29.8 Å². The molecule has 0 spiro atoms. The number of hydrogen-bond acceptors (Lipinski definition) is 1. The van der Waals surface area contributed by atoms with E-state index in [1.807, 2.05) is 22.8 Å². The van der Waals surface area contributed by atoms with Crippen molar-refractivity contribution >= 4 is 34.9 Å². The van der Waals surface area contributed by atoms with Gasteiger partial charge in [-0.25, -0.2) is 4.39 Å². The second kappa shape index (κ2) is 4.79. The molecule has 0 fully saturated rings.